The normalized spacial score (nSPS) is 16.9. The van der Waals surface area contributed by atoms with Gasteiger partial charge in [-0.1, -0.05) is 41.7 Å². The Morgan fingerprint density at radius 2 is 2.08 bits per heavy atom. The minimum atomic E-state index is 0.638. The van der Waals surface area contributed by atoms with Gasteiger partial charge in [-0.25, -0.2) is 15.0 Å². The highest BCUT2D eigenvalue weighted by Crippen LogP contribution is 2.30. The number of nitrogens with zero attached hydrogens (tertiary/aromatic N) is 3. The van der Waals surface area contributed by atoms with Crippen LogP contribution in [0.2, 0.25) is 0 Å². The van der Waals surface area contributed by atoms with Crippen LogP contribution in [0.15, 0.2) is 48.9 Å². The van der Waals surface area contributed by atoms with Crippen molar-refractivity contribution in [3.8, 4) is 10.4 Å². The first kappa shape index (κ1) is 16.2. The van der Waals surface area contributed by atoms with E-state index in [9.17, 15) is 0 Å². The summed E-state index contributed by atoms with van der Waals surface area (Å²) in [5, 5.41) is 7.68. The van der Waals surface area contributed by atoms with Crippen LogP contribution in [0.4, 0.5) is 10.9 Å². The number of benzene rings is 1. The summed E-state index contributed by atoms with van der Waals surface area (Å²) in [4.78, 5) is 14.3. The maximum absolute atomic E-state index is 4.46. The van der Waals surface area contributed by atoms with Gasteiger partial charge in [0.2, 0.25) is 0 Å². The average molecular weight is 351 g/mol. The molecule has 0 aliphatic carbocycles. The number of thiazole rings is 1. The highest BCUT2D eigenvalue weighted by Gasteiger charge is 2.14. The van der Waals surface area contributed by atoms with Crippen molar-refractivity contribution in [1.29, 1.82) is 0 Å². The van der Waals surface area contributed by atoms with Crippen LogP contribution in [-0.4, -0.2) is 27.5 Å². The van der Waals surface area contributed by atoms with E-state index in [-0.39, 0.29) is 0 Å². The number of hydrogen-bond donors (Lipinski definition) is 2. The molecule has 3 heterocycles. The second kappa shape index (κ2) is 7.72. The van der Waals surface area contributed by atoms with Crippen LogP contribution in [0.5, 0.6) is 0 Å². The maximum atomic E-state index is 4.46. The van der Waals surface area contributed by atoms with Crippen molar-refractivity contribution in [3.05, 3.63) is 54.6 Å². The minimum absolute atomic E-state index is 0.638. The first-order valence-corrected chi connectivity index (χ1v) is 9.51. The Hall–Kier alpha value is -2.31. The first-order valence-electron chi connectivity index (χ1n) is 8.69. The third kappa shape index (κ3) is 4.21. The van der Waals surface area contributed by atoms with Crippen molar-refractivity contribution in [3.63, 3.8) is 0 Å². The van der Waals surface area contributed by atoms with Crippen LogP contribution < -0.4 is 10.6 Å². The van der Waals surface area contributed by atoms with Crippen molar-refractivity contribution in [2.75, 3.05) is 11.9 Å². The van der Waals surface area contributed by atoms with Crippen molar-refractivity contribution >= 4 is 22.3 Å². The van der Waals surface area contributed by atoms with Crippen molar-refractivity contribution < 1.29 is 0 Å². The molecule has 2 aromatic heterocycles. The molecule has 3 aromatic rings. The Labute approximate surface area is 151 Å². The molecule has 2 N–H and O–H groups in total. The Bertz CT molecular complexity index is 811. The van der Waals surface area contributed by atoms with Gasteiger partial charge in [-0.15, -0.1) is 0 Å². The van der Waals surface area contributed by atoms with Gasteiger partial charge in [-0.3, -0.25) is 0 Å². The summed E-state index contributed by atoms with van der Waals surface area (Å²) in [6.07, 6.45) is 8.20. The molecule has 1 aliphatic heterocycles. The van der Waals surface area contributed by atoms with Gasteiger partial charge in [0.25, 0.3) is 0 Å². The molecule has 0 spiro atoms. The fraction of sp³-hybridized carbons (Fsp3) is 0.316. The van der Waals surface area contributed by atoms with E-state index in [0.717, 1.165) is 40.9 Å². The van der Waals surface area contributed by atoms with E-state index >= 15 is 0 Å². The zero-order valence-corrected chi connectivity index (χ0v) is 14.8. The lowest BCUT2D eigenvalue weighted by Crippen LogP contribution is -2.21. The van der Waals surface area contributed by atoms with Gasteiger partial charge in [0.1, 0.15) is 12.1 Å². The molecular weight excluding hydrogens is 330 g/mol. The summed E-state index contributed by atoms with van der Waals surface area (Å²) in [5.41, 5.74) is 2.26. The number of hydrogen-bond acceptors (Lipinski definition) is 6. The molecule has 25 heavy (non-hydrogen) atoms. The molecule has 0 bridgehead atoms. The van der Waals surface area contributed by atoms with E-state index in [0.29, 0.717) is 6.04 Å². The molecule has 1 aromatic carbocycles. The van der Waals surface area contributed by atoms with E-state index in [1.54, 1.807) is 17.7 Å². The number of rotatable bonds is 6. The van der Waals surface area contributed by atoms with Gasteiger partial charge in [0.15, 0.2) is 5.13 Å². The minimum Gasteiger partial charge on any atom is -0.316 e. The largest absolute Gasteiger partial charge is 0.316 e. The molecule has 1 aliphatic rings. The Morgan fingerprint density at radius 3 is 2.92 bits per heavy atom. The van der Waals surface area contributed by atoms with E-state index in [1.807, 2.05) is 30.5 Å². The van der Waals surface area contributed by atoms with Gasteiger partial charge >= 0.3 is 0 Å². The van der Waals surface area contributed by atoms with E-state index < -0.39 is 0 Å². The van der Waals surface area contributed by atoms with Crippen LogP contribution in [0, 0.1) is 0 Å². The molecule has 0 radical (unpaired) electrons. The third-order valence-corrected chi connectivity index (χ3v) is 5.40. The van der Waals surface area contributed by atoms with E-state index in [4.69, 9.17) is 0 Å². The summed E-state index contributed by atoms with van der Waals surface area (Å²) in [7, 11) is 0. The number of aryl methyl sites for hydroxylation is 1. The first-order chi connectivity index (χ1) is 12.4. The Balaban J connectivity index is 1.40. The van der Waals surface area contributed by atoms with Crippen LogP contribution in [-0.2, 0) is 6.42 Å². The molecule has 6 heteroatoms. The molecule has 1 saturated heterocycles. The Morgan fingerprint density at radius 1 is 1.16 bits per heavy atom. The number of anilines is 2. The molecule has 0 saturated carbocycles. The summed E-state index contributed by atoms with van der Waals surface area (Å²) >= 11 is 1.63. The van der Waals surface area contributed by atoms with Crippen LogP contribution in [0.3, 0.4) is 0 Å². The molecule has 128 valence electrons. The van der Waals surface area contributed by atoms with Crippen LogP contribution >= 0.6 is 11.3 Å². The summed E-state index contributed by atoms with van der Waals surface area (Å²) < 4.78 is 0. The zero-order valence-electron chi connectivity index (χ0n) is 14.0. The second-order valence-electron chi connectivity index (χ2n) is 6.25. The maximum Gasteiger partial charge on any atom is 0.188 e. The molecule has 5 nitrogen and oxygen atoms in total. The molecule has 0 amide bonds. The van der Waals surface area contributed by atoms with Crippen molar-refractivity contribution in [2.45, 2.75) is 31.7 Å². The van der Waals surface area contributed by atoms with Crippen molar-refractivity contribution in [1.82, 2.24) is 20.3 Å². The molecule has 1 atom stereocenters. The smallest absolute Gasteiger partial charge is 0.188 e. The molecule has 1 unspecified atom stereocenters. The fourth-order valence-corrected chi connectivity index (χ4v) is 3.93. The van der Waals surface area contributed by atoms with Crippen LogP contribution in [0.25, 0.3) is 10.4 Å². The van der Waals surface area contributed by atoms with E-state index in [2.05, 4.69) is 37.7 Å². The van der Waals surface area contributed by atoms with E-state index in [1.165, 1.54) is 18.4 Å². The third-order valence-electron chi connectivity index (χ3n) is 4.43. The van der Waals surface area contributed by atoms with Gasteiger partial charge < -0.3 is 10.6 Å². The second-order valence-corrected chi connectivity index (χ2v) is 7.28. The highest BCUT2D eigenvalue weighted by atomic mass is 32.1. The average Bonchev–Trinajstić information content (AvgIpc) is 3.33. The predicted molar refractivity (Wildman–Crippen MR) is 102 cm³/mol. The van der Waals surface area contributed by atoms with Gasteiger partial charge in [-0.2, -0.15) is 0 Å². The molecular formula is C19H21N5S. The molecule has 1 fully saturated rings. The number of aromatic nitrogens is 3. The Kier molecular flexibility index (Phi) is 4.99. The summed E-state index contributed by atoms with van der Waals surface area (Å²) in [5.74, 6) is 0.804. The van der Waals surface area contributed by atoms with Crippen LogP contribution in [0.1, 0.15) is 25.0 Å². The SMILES string of the molecule is c1ccc(-c2cnc(Nc3cc(CCC4CCCN4)ncn3)s2)cc1. The van der Waals surface area contributed by atoms with Gasteiger partial charge in [0.05, 0.1) is 4.88 Å². The predicted octanol–water partition coefficient (Wildman–Crippen LogP) is 4.03. The van der Waals surface area contributed by atoms with Gasteiger partial charge in [0, 0.05) is 24.0 Å². The number of nitrogens with one attached hydrogen (secondary N) is 2. The quantitative estimate of drug-likeness (QED) is 0.702. The lowest BCUT2D eigenvalue weighted by Gasteiger charge is -2.09. The van der Waals surface area contributed by atoms with Crippen molar-refractivity contribution in [2.24, 2.45) is 0 Å². The zero-order chi connectivity index (χ0) is 16.9. The van der Waals surface area contributed by atoms with Gasteiger partial charge in [-0.05, 0) is 37.8 Å². The monoisotopic (exact) mass is 351 g/mol. The topological polar surface area (TPSA) is 62.7 Å². The molecule has 4 rings (SSSR count). The highest BCUT2D eigenvalue weighted by molar-refractivity contribution is 7.18. The summed E-state index contributed by atoms with van der Waals surface area (Å²) in [6.45, 7) is 1.15. The lowest BCUT2D eigenvalue weighted by molar-refractivity contribution is 0.555. The summed E-state index contributed by atoms with van der Waals surface area (Å²) in [6, 6.07) is 13.0. The lowest BCUT2D eigenvalue weighted by atomic mass is 10.1. The fourth-order valence-electron chi connectivity index (χ4n) is 3.11. The standard InChI is InChI=1S/C19H21N5S/c1-2-5-14(6-3-1)17-12-21-19(25-17)24-18-11-16(22-13-23-18)9-8-15-7-4-10-20-15/h1-3,5-6,11-13,15,20H,4,7-10H2,(H,21,22,23,24).